The van der Waals surface area contributed by atoms with Crippen LogP contribution in [0.2, 0.25) is 0 Å². The highest BCUT2D eigenvalue weighted by atomic mass is 79.9. The standard InChI is InChI=1S/C13H21BrN2O4S/c1-3-15-8-10-7-11(12(14)20-10)21(17,18)16-13(2)5-4-6-19-9-13/h7,15-16H,3-6,8-9H2,1-2H3. The first kappa shape index (κ1) is 17.0. The third kappa shape index (κ3) is 4.29. The van der Waals surface area contributed by atoms with Crippen LogP contribution in [0, 0.1) is 0 Å². The minimum Gasteiger partial charge on any atom is -0.452 e. The van der Waals surface area contributed by atoms with Gasteiger partial charge in [0.15, 0.2) is 4.67 Å². The molecular weight excluding hydrogens is 360 g/mol. The summed E-state index contributed by atoms with van der Waals surface area (Å²) in [6.07, 6.45) is 1.60. The fourth-order valence-electron chi connectivity index (χ4n) is 2.31. The summed E-state index contributed by atoms with van der Waals surface area (Å²) in [5.74, 6) is 0.578. The Morgan fingerprint density at radius 3 is 2.86 bits per heavy atom. The lowest BCUT2D eigenvalue weighted by Gasteiger charge is -2.33. The average molecular weight is 381 g/mol. The third-order valence-corrected chi connectivity index (χ3v) is 5.86. The Morgan fingerprint density at radius 1 is 1.48 bits per heavy atom. The molecule has 0 spiro atoms. The Bertz CT molecular complexity index is 579. The molecule has 1 aromatic rings. The van der Waals surface area contributed by atoms with E-state index in [1.165, 1.54) is 0 Å². The van der Waals surface area contributed by atoms with Crippen LogP contribution in [0.1, 0.15) is 32.4 Å². The zero-order valence-electron chi connectivity index (χ0n) is 12.2. The van der Waals surface area contributed by atoms with E-state index in [4.69, 9.17) is 9.15 Å². The Morgan fingerprint density at radius 2 is 2.24 bits per heavy atom. The second kappa shape index (κ2) is 6.78. The molecule has 2 heterocycles. The second-order valence-electron chi connectivity index (χ2n) is 5.45. The Hall–Kier alpha value is -0.410. The normalized spacial score (nSPS) is 23.4. The summed E-state index contributed by atoms with van der Waals surface area (Å²) < 4.78 is 38.8. The van der Waals surface area contributed by atoms with Crippen molar-refractivity contribution < 1.29 is 17.6 Å². The summed E-state index contributed by atoms with van der Waals surface area (Å²) in [5, 5.41) is 3.10. The molecule has 0 radical (unpaired) electrons. The lowest BCUT2D eigenvalue weighted by molar-refractivity contribution is 0.0386. The van der Waals surface area contributed by atoms with Gasteiger partial charge in [0.05, 0.1) is 18.7 Å². The number of sulfonamides is 1. The van der Waals surface area contributed by atoms with E-state index in [1.54, 1.807) is 6.07 Å². The maximum Gasteiger partial charge on any atom is 0.245 e. The van der Waals surface area contributed by atoms with Crippen LogP contribution in [-0.4, -0.2) is 33.7 Å². The molecule has 21 heavy (non-hydrogen) atoms. The summed E-state index contributed by atoms with van der Waals surface area (Å²) in [6.45, 7) is 6.17. The van der Waals surface area contributed by atoms with Crippen molar-refractivity contribution in [2.45, 2.75) is 43.7 Å². The number of rotatable bonds is 6. The van der Waals surface area contributed by atoms with E-state index in [0.29, 0.717) is 25.5 Å². The van der Waals surface area contributed by atoms with Gasteiger partial charge in [-0.05, 0) is 42.2 Å². The van der Waals surface area contributed by atoms with Crippen LogP contribution in [0.25, 0.3) is 0 Å². The van der Waals surface area contributed by atoms with Crippen molar-refractivity contribution in [3.63, 3.8) is 0 Å². The molecular formula is C13H21BrN2O4S. The van der Waals surface area contributed by atoms with Crippen LogP contribution in [0.3, 0.4) is 0 Å². The molecule has 1 atom stereocenters. The largest absolute Gasteiger partial charge is 0.452 e. The zero-order valence-corrected chi connectivity index (χ0v) is 14.6. The van der Waals surface area contributed by atoms with Crippen LogP contribution < -0.4 is 10.0 Å². The molecule has 120 valence electrons. The summed E-state index contributed by atoms with van der Waals surface area (Å²) in [4.78, 5) is 0.127. The quantitative estimate of drug-likeness (QED) is 0.788. The van der Waals surface area contributed by atoms with Gasteiger partial charge < -0.3 is 14.5 Å². The van der Waals surface area contributed by atoms with Gasteiger partial charge in [-0.15, -0.1) is 0 Å². The first-order chi connectivity index (χ1) is 9.86. The van der Waals surface area contributed by atoms with Crippen molar-refractivity contribution in [3.05, 3.63) is 16.5 Å². The summed E-state index contributed by atoms with van der Waals surface area (Å²) >= 11 is 3.18. The van der Waals surface area contributed by atoms with E-state index < -0.39 is 15.6 Å². The van der Waals surface area contributed by atoms with Crippen molar-refractivity contribution in [1.82, 2.24) is 10.0 Å². The maximum atomic E-state index is 12.5. The lowest BCUT2D eigenvalue weighted by Crippen LogP contribution is -2.51. The highest BCUT2D eigenvalue weighted by Gasteiger charge is 2.34. The van der Waals surface area contributed by atoms with Crippen molar-refractivity contribution in [2.75, 3.05) is 19.8 Å². The summed E-state index contributed by atoms with van der Waals surface area (Å²) in [7, 11) is -3.65. The number of furan rings is 1. The molecule has 2 rings (SSSR count). The molecule has 0 aliphatic carbocycles. The topological polar surface area (TPSA) is 80.6 Å². The van der Waals surface area contributed by atoms with Crippen LogP contribution >= 0.6 is 15.9 Å². The molecule has 1 aliphatic rings. The second-order valence-corrected chi connectivity index (χ2v) is 7.82. The molecule has 8 heteroatoms. The SMILES string of the molecule is CCNCc1cc(S(=O)(=O)NC2(C)CCCOC2)c(Br)o1. The smallest absolute Gasteiger partial charge is 0.245 e. The van der Waals surface area contributed by atoms with Crippen LogP contribution in [0.4, 0.5) is 0 Å². The molecule has 0 bridgehead atoms. The molecule has 6 nitrogen and oxygen atoms in total. The van der Waals surface area contributed by atoms with E-state index in [0.717, 1.165) is 19.4 Å². The van der Waals surface area contributed by atoms with Gasteiger partial charge in [0.25, 0.3) is 0 Å². The molecule has 0 aromatic carbocycles. The van der Waals surface area contributed by atoms with Crippen molar-refractivity contribution in [3.8, 4) is 0 Å². The molecule has 0 saturated carbocycles. The molecule has 1 unspecified atom stereocenters. The van der Waals surface area contributed by atoms with Gasteiger partial charge in [0, 0.05) is 12.7 Å². The fraction of sp³-hybridized carbons (Fsp3) is 0.692. The van der Waals surface area contributed by atoms with Gasteiger partial charge in [0.1, 0.15) is 10.7 Å². The third-order valence-electron chi connectivity index (χ3n) is 3.36. The van der Waals surface area contributed by atoms with Gasteiger partial charge in [-0.3, -0.25) is 0 Å². The predicted molar refractivity (Wildman–Crippen MR) is 82.6 cm³/mol. The number of halogens is 1. The van der Waals surface area contributed by atoms with Crippen molar-refractivity contribution in [1.29, 1.82) is 0 Å². The minimum absolute atomic E-state index is 0.127. The first-order valence-corrected chi connectivity index (χ1v) is 9.24. The van der Waals surface area contributed by atoms with Crippen molar-refractivity contribution in [2.24, 2.45) is 0 Å². The molecule has 2 N–H and O–H groups in total. The minimum atomic E-state index is -3.65. The highest BCUT2D eigenvalue weighted by Crippen LogP contribution is 2.28. The van der Waals surface area contributed by atoms with Crippen LogP contribution in [0.5, 0.6) is 0 Å². The number of hydrogen-bond donors (Lipinski definition) is 2. The molecule has 1 fully saturated rings. The van der Waals surface area contributed by atoms with E-state index in [1.807, 2.05) is 13.8 Å². The van der Waals surface area contributed by atoms with E-state index in [2.05, 4.69) is 26.0 Å². The Kier molecular flexibility index (Phi) is 5.48. The van der Waals surface area contributed by atoms with E-state index in [9.17, 15) is 8.42 Å². The predicted octanol–water partition coefficient (Wildman–Crippen LogP) is 2.00. The lowest BCUT2D eigenvalue weighted by atomic mass is 9.97. The zero-order chi connectivity index (χ0) is 15.5. The van der Waals surface area contributed by atoms with Gasteiger partial charge in [-0.25, -0.2) is 13.1 Å². The maximum absolute atomic E-state index is 12.5. The van der Waals surface area contributed by atoms with Crippen molar-refractivity contribution >= 4 is 26.0 Å². The Balaban J connectivity index is 2.17. The van der Waals surface area contributed by atoms with Crippen LogP contribution in [-0.2, 0) is 21.3 Å². The average Bonchev–Trinajstić information content (AvgIpc) is 2.78. The van der Waals surface area contributed by atoms with E-state index in [-0.39, 0.29) is 9.56 Å². The van der Waals surface area contributed by atoms with Gasteiger partial charge in [-0.1, -0.05) is 6.92 Å². The fourth-order valence-corrected chi connectivity index (χ4v) is 4.73. The van der Waals surface area contributed by atoms with Crippen LogP contribution in [0.15, 0.2) is 20.0 Å². The van der Waals surface area contributed by atoms with Gasteiger partial charge >= 0.3 is 0 Å². The number of hydrogen-bond acceptors (Lipinski definition) is 5. The van der Waals surface area contributed by atoms with Gasteiger partial charge in [0.2, 0.25) is 10.0 Å². The van der Waals surface area contributed by atoms with E-state index >= 15 is 0 Å². The highest BCUT2D eigenvalue weighted by molar-refractivity contribution is 9.10. The Labute approximate surface area is 133 Å². The number of nitrogens with one attached hydrogen (secondary N) is 2. The monoisotopic (exact) mass is 380 g/mol. The summed E-state index contributed by atoms with van der Waals surface area (Å²) in [6, 6.07) is 1.54. The molecule has 0 amide bonds. The molecule has 1 aliphatic heterocycles. The summed E-state index contributed by atoms with van der Waals surface area (Å²) in [5.41, 5.74) is -0.574. The molecule has 1 aromatic heterocycles. The van der Waals surface area contributed by atoms with Gasteiger partial charge in [-0.2, -0.15) is 0 Å². The first-order valence-electron chi connectivity index (χ1n) is 6.97. The number of ether oxygens (including phenoxy) is 1. The molecule has 1 saturated heterocycles.